The molecule has 0 spiro atoms. The van der Waals surface area contributed by atoms with E-state index in [0.717, 1.165) is 6.07 Å². The molecule has 1 aromatic heterocycles. The van der Waals surface area contributed by atoms with E-state index in [4.69, 9.17) is 5.11 Å². The van der Waals surface area contributed by atoms with Crippen LogP contribution in [0.3, 0.4) is 0 Å². The van der Waals surface area contributed by atoms with E-state index in [0.29, 0.717) is 5.03 Å². The molecule has 1 N–H and O–H groups in total. The van der Waals surface area contributed by atoms with Gasteiger partial charge in [0.15, 0.2) is 0 Å². The Morgan fingerprint density at radius 3 is 2.82 bits per heavy atom. The van der Waals surface area contributed by atoms with Crippen molar-refractivity contribution in [3.8, 4) is 0 Å². The lowest BCUT2D eigenvalue weighted by Gasteiger charge is -2.09. The van der Waals surface area contributed by atoms with Gasteiger partial charge in [0.1, 0.15) is 6.04 Å². The number of aromatic nitrogens is 1. The van der Waals surface area contributed by atoms with Crippen molar-refractivity contribution in [2.75, 3.05) is 12.9 Å². The first-order valence-corrected chi connectivity index (χ1v) is 5.73. The summed E-state index contributed by atoms with van der Waals surface area (Å²) in [6, 6.07) is 1.70. The van der Waals surface area contributed by atoms with Crippen LogP contribution in [-0.4, -0.2) is 34.5 Å². The fraction of sp³-hybridized carbons (Fsp3) is 0.300. The van der Waals surface area contributed by atoms with Gasteiger partial charge in [0, 0.05) is 11.8 Å². The highest BCUT2D eigenvalue weighted by atomic mass is 32.2. The number of ether oxygens (including phenoxy) is 1. The molecule has 0 aliphatic carbocycles. The summed E-state index contributed by atoms with van der Waals surface area (Å²) in [6.07, 6.45) is 0. The first kappa shape index (κ1) is 11.7. The number of carboxylic acids is 1. The van der Waals surface area contributed by atoms with Gasteiger partial charge >= 0.3 is 11.9 Å². The number of carbonyl (C=O) groups excluding carboxylic acids is 1. The molecule has 1 atom stereocenters. The Morgan fingerprint density at radius 2 is 2.24 bits per heavy atom. The summed E-state index contributed by atoms with van der Waals surface area (Å²) in [6.45, 7) is 0. The highest BCUT2D eigenvalue weighted by molar-refractivity contribution is 7.99. The van der Waals surface area contributed by atoms with Crippen LogP contribution in [0.2, 0.25) is 0 Å². The second kappa shape index (κ2) is 4.25. The quantitative estimate of drug-likeness (QED) is 0.768. The molecule has 6 nitrogen and oxygen atoms in total. The Labute approximate surface area is 100 Å². The van der Waals surface area contributed by atoms with Gasteiger partial charge in [-0.3, -0.25) is 9.36 Å². The molecule has 0 aromatic carbocycles. The number of methoxy groups -OCH3 is 1. The average Bonchev–Trinajstić information content (AvgIpc) is 2.72. The maximum Gasteiger partial charge on any atom is 0.338 e. The molecule has 0 radical (unpaired) electrons. The normalized spacial score (nSPS) is 17.6. The molecule has 90 valence electrons. The summed E-state index contributed by atoms with van der Waals surface area (Å²) in [5.74, 6) is -1.37. The van der Waals surface area contributed by atoms with Crippen molar-refractivity contribution in [2.24, 2.45) is 0 Å². The lowest BCUT2D eigenvalue weighted by molar-refractivity contribution is -0.140. The summed E-state index contributed by atoms with van der Waals surface area (Å²) < 4.78 is 5.69. The second-order valence-corrected chi connectivity index (χ2v) is 4.49. The third kappa shape index (κ3) is 1.93. The molecule has 1 aliphatic heterocycles. The van der Waals surface area contributed by atoms with E-state index < -0.39 is 23.5 Å². The maximum absolute atomic E-state index is 11.7. The van der Waals surface area contributed by atoms with Gasteiger partial charge in [-0.05, 0) is 6.07 Å². The van der Waals surface area contributed by atoms with E-state index >= 15 is 0 Å². The molecule has 0 fully saturated rings. The fourth-order valence-electron chi connectivity index (χ4n) is 1.63. The van der Waals surface area contributed by atoms with Crippen LogP contribution in [0, 0.1) is 0 Å². The molecule has 1 unspecified atom stereocenters. The number of fused-ring (bicyclic) bond motifs is 1. The van der Waals surface area contributed by atoms with Crippen molar-refractivity contribution >= 4 is 23.7 Å². The van der Waals surface area contributed by atoms with Gasteiger partial charge in [-0.15, -0.1) is 11.8 Å². The van der Waals surface area contributed by atoms with Gasteiger partial charge in [0.2, 0.25) is 0 Å². The van der Waals surface area contributed by atoms with Crippen LogP contribution < -0.4 is 5.56 Å². The second-order valence-electron chi connectivity index (χ2n) is 3.45. The summed E-state index contributed by atoms with van der Waals surface area (Å²) in [5, 5.41) is 9.42. The minimum atomic E-state index is -1.05. The largest absolute Gasteiger partial charge is 0.480 e. The van der Waals surface area contributed by atoms with Gasteiger partial charge in [-0.25, -0.2) is 9.59 Å². The van der Waals surface area contributed by atoms with Crippen LogP contribution in [0.1, 0.15) is 16.4 Å². The summed E-state index contributed by atoms with van der Waals surface area (Å²) in [4.78, 5) is 34.0. The Morgan fingerprint density at radius 1 is 1.53 bits per heavy atom. The van der Waals surface area contributed by atoms with E-state index in [-0.39, 0.29) is 11.3 Å². The third-order valence-corrected chi connectivity index (χ3v) is 3.53. The minimum absolute atomic E-state index is 0.141. The van der Waals surface area contributed by atoms with Crippen LogP contribution in [0.4, 0.5) is 0 Å². The van der Waals surface area contributed by atoms with Crippen LogP contribution >= 0.6 is 11.8 Å². The standard InChI is InChI=1S/C10H9NO5S/c1-16-10(15)5-2-7(12)11-6(9(13)14)4-17-8(11)3-5/h2-3,6H,4H2,1H3,(H,13,14). The molecule has 2 heterocycles. The van der Waals surface area contributed by atoms with Crippen LogP contribution in [0.25, 0.3) is 0 Å². The van der Waals surface area contributed by atoms with Crippen molar-refractivity contribution in [3.05, 3.63) is 28.0 Å². The van der Waals surface area contributed by atoms with Gasteiger partial charge in [0.25, 0.3) is 5.56 Å². The fourth-order valence-corrected chi connectivity index (χ4v) is 2.82. The molecule has 1 aromatic rings. The predicted molar refractivity (Wildman–Crippen MR) is 59.4 cm³/mol. The third-order valence-electron chi connectivity index (χ3n) is 2.44. The molecular weight excluding hydrogens is 246 g/mol. The number of carboxylic acid groups (broad SMARTS) is 1. The van der Waals surface area contributed by atoms with Gasteiger partial charge in [-0.2, -0.15) is 0 Å². The van der Waals surface area contributed by atoms with E-state index in [1.54, 1.807) is 0 Å². The van der Waals surface area contributed by atoms with Crippen LogP contribution in [-0.2, 0) is 9.53 Å². The Kier molecular flexibility index (Phi) is 2.93. The average molecular weight is 255 g/mol. The molecule has 1 aliphatic rings. The summed E-state index contributed by atoms with van der Waals surface area (Å²) in [7, 11) is 1.22. The van der Waals surface area contributed by atoms with E-state index in [1.807, 2.05) is 0 Å². The predicted octanol–water partition coefficient (Wildman–Crippen LogP) is 0.366. The first-order valence-electron chi connectivity index (χ1n) is 4.75. The zero-order chi connectivity index (χ0) is 12.6. The van der Waals surface area contributed by atoms with Crippen molar-refractivity contribution in [3.63, 3.8) is 0 Å². The summed E-state index contributed by atoms with van der Waals surface area (Å²) in [5.41, 5.74) is -0.359. The maximum atomic E-state index is 11.7. The molecule has 7 heteroatoms. The minimum Gasteiger partial charge on any atom is -0.480 e. The van der Waals surface area contributed by atoms with Crippen LogP contribution in [0.15, 0.2) is 22.0 Å². The number of pyridine rings is 1. The first-order chi connectivity index (χ1) is 8.04. The SMILES string of the molecule is COC(=O)c1cc2n(c(=O)c1)C(C(=O)O)CS2. The van der Waals surface area contributed by atoms with Crippen molar-refractivity contribution in [2.45, 2.75) is 11.1 Å². The topological polar surface area (TPSA) is 85.6 Å². The number of nitrogens with zero attached hydrogens (tertiary/aromatic N) is 1. The van der Waals surface area contributed by atoms with Crippen molar-refractivity contribution in [1.29, 1.82) is 0 Å². The number of carbonyl (C=O) groups is 2. The Balaban J connectivity index is 2.53. The number of rotatable bonds is 2. The molecule has 0 bridgehead atoms. The lowest BCUT2D eigenvalue weighted by atomic mass is 10.2. The van der Waals surface area contributed by atoms with Gasteiger partial charge in [-0.1, -0.05) is 0 Å². The van der Waals surface area contributed by atoms with E-state index in [1.165, 1.54) is 29.5 Å². The Hall–Kier alpha value is -1.76. The number of aliphatic carboxylic acids is 1. The zero-order valence-electron chi connectivity index (χ0n) is 8.87. The zero-order valence-corrected chi connectivity index (χ0v) is 9.69. The van der Waals surface area contributed by atoms with Gasteiger partial charge < -0.3 is 9.84 Å². The summed E-state index contributed by atoms with van der Waals surface area (Å²) >= 11 is 1.23. The van der Waals surface area contributed by atoms with Crippen LogP contribution in [0.5, 0.6) is 0 Å². The van der Waals surface area contributed by atoms with Crippen molar-refractivity contribution < 1.29 is 19.4 Å². The van der Waals surface area contributed by atoms with Crippen molar-refractivity contribution in [1.82, 2.24) is 4.57 Å². The molecule has 0 amide bonds. The molecule has 2 rings (SSSR count). The molecule has 0 saturated carbocycles. The molecule has 0 saturated heterocycles. The highest BCUT2D eigenvalue weighted by Crippen LogP contribution is 2.32. The monoisotopic (exact) mass is 255 g/mol. The molecular formula is C10H9NO5S. The van der Waals surface area contributed by atoms with E-state index in [2.05, 4.69) is 4.74 Å². The number of thioether (sulfide) groups is 1. The Bertz CT molecular complexity index is 550. The van der Waals surface area contributed by atoms with Gasteiger partial charge in [0.05, 0.1) is 17.7 Å². The lowest BCUT2D eigenvalue weighted by Crippen LogP contribution is -2.29. The molecule has 17 heavy (non-hydrogen) atoms. The van der Waals surface area contributed by atoms with E-state index in [9.17, 15) is 14.4 Å². The number of hydrogen-bond acceptors (Lipinski definition) is 5. The smallest absolute Gasteiger partial charge is 0.338 e. The highest BCUT2D eigenvalue weighted by Gasteiger charge is 2.30. The number of hydrogen-bond donors (Lipinski definition) is 1. The number of esters is 1.